The lowest BCUT2D eigenvalue weighted by Crippen LogP contribution is -2.50. The molecule has 6 aliphatic carbocycles. The predicted molar refractivity (Wildman–Crippen MR) is 158 cm³/mol. The molecule has 234 valence electrons. The number of carboxylic acid groups (broad SMARTS) is 1. The lowest BCUT2D eigenvalue weighted by atomic mass is 9.48. The Labute approximate surface area is 253 Å². The van der Waals surface area contributed by atoms with Crippen molar-refractivity contribution in [2.24, 2.45) is 64.6 Å². The summed E-state index contributed by atoms with van der Waals surface area (Å²) in [5, 5.41) is 10.6. The summed E-state index contributed by atoms with van der Waals surface area (Å²) in [5.41, 5.74) is -1.95. The van der Waals surface area contributed by atoms with E-state index in [2.05, 4.69) is 29.3 Å². The molecule has 0 bridgehead atoms. The highest BCUT2D eigenvalue weighted by Gasteiger charge is 2.55. The van der Waals surface area contributed by atoms with Gasteiger partial charge in [-0.05, 0) is 155 Å². The van der Waals surface area contributed by atoms with Crippen molar-refractivity contribution in [1.29, 1.82) is 0 Å². The fraction of sp³-hybridized carbons (Fsp3) is 0.722. The highest BCUT2D eigenvalue weighted by atomic mass is 19.4. The van der Waals surface area contributed by atoms with E-state index in [0.29, 0.717) is 24.7 Å². The van der Waals surface area contributed by atoms with Gasteiger partial charge < -0.3 is 9.84 Å². The van der Waals surface area contributed by atoms with E-state index >= 15 is 0 Å². The standard InChI is InChI=1S/C36H46F3NO3/c37-36(38,39)32-8-4-19-40-33(32)43-20-18-35(34(41)42)17-2-1-7-31(35)24-11-12-26-23(21-24)10-14-30-28(26)16-15-27-25-6-3-5-22(25)9-13-29(27)30/h1,3-5,7-8,19,22-31H,2,6,9-18,20-21H2,(H,41,42). The topological polar surface area (TPSA) is 59.4 Å². The van der Waals surface area contributed by atoms with Crippen LogP contribution in [-0.4, -0.2) is 22.7 Å². The number of ether oxygens (including phenoxy) is 1. The number of aromatic nitrogens is 1. The number of halogens is 3. The van der Waals surface area contributed by atoms with E-state index in [1.807, 2.05) is 0 Å². The quantitative estimate of drug-likeness (QED) is 0.333. The second-order valence-electron chi connectivity index (χ2n) is 14.8. The molecule has 43 heavy (non-hydrogen) atoms. The van der Waals surface area contributed by atoms with Crippen LogP contribution in [0.3, 0.4) is 0 Å². The van der Waals surface area contributed by atoms with Crippen molar-refractivity contribution in [3.63, 3.8) is 0 Å². The van der Waals surface area contributed by atoms with Crippen molar-refractivity contribution < 1.29 is 27.8 Å². The zero-order chi connectivity index (χ0) is 29.8. The summed E-state index contributed by atoms with van der Waals surface area (Å²) in [4.78, 5) is 16.8. The van der Waals surface area contributed by atoms with Crippen LogP contribution in [0, 0.1) is 64.6 Å². The molecule has 4 fully saturated rings. The van der Waals surface area contributed by atoms with Crippen LogP contribution in [-0.2, 0) is 11.0 Å². The molecule has 1 N–H and O–H groups in total. The minimum atomic E-state index is -4.58. The van der Waals surface area contributed by atoms with Gasteiger partial charge in [-0.25, -0.2) is 4.98 Å². The third-order valence-corrected chi connectivity index (χ3v) is 13.2. The van der Waals surface area contributed by atoms with E-state index in [1.165, 1.54) is 63.6 Å². The van der Waals surface area contributed by atoms with Gasteiger partial charge in [0.15, 0.2) is 0 Å². The first kappa shape index (κ1) is 29.4. The Morgan fingerprint density at radius 1 is 0.907 bits per heavy atom. The average Bonchev–Trinajstić information content (AvgIpc) is 3.50. The van der Waals surface area contributed by atoms with Gasteiger partial charge in [-0.15, -0.1) is 0 Å². The van der Waals surface area contributed by atoms with Crippen LogP contribution in [0.15, 0.2) is 42.6 Å². The number of hydrogen-bond acceptors (Lipinski definition) is 3. The fourth-order valence-corrected chi connectivity index (χ4v) is 11.5. The van der Waals surface area contributed by atoms with E-state index in [0.717, 1.165) is 60.3 Å². The molecular weight excluding hydrogens is 551 g/mol. The van der Waals surface area contributed by atoms with Crippen LogP contribution in [0.25, 0.3) is 0 Å². The molecule has 0 aromatic carbocycles. The minimum Gasteiger partial charge on any atom is -0.481 e. The van der Waals surface area contributed by atoms with Gasteiger partial charge in [0, 0.05) is 6.20 Å². The summed E-state index contributed by atoms with van der Waals surface area (Å²) in [6, 6.07) is 2.20. The molecule has 1 heterocycles. The maximum Gasteiger partial charge on any atom is 0.421 e. The van der Waals surface area contributed by atoms with Gasteiger partial charge in [-0.3, -0.25) is 4.79 Å². The number of hydrogen-bond donors (Lipinski definition) is 1. The van der Waals surface area contributed by atoms with Gasteiger partial charge in [0.2, 0.25) is 5.88 Å². The van der Waals surface area contributed by atoms with E-state index in [4.69, 9.17) is 4.74 Å². The smallest absolute Gasteiger partial charge is 0.421 e. The third-order valence-electron chi connectivity index (χ3n) is 13.2. The Bertz CT molecular complexity index is 1240. The van der Waals surface area contributed by atoms with Crippen molar-refractivity contribution in [3.05, 3.63) is 48.2 Å². The van der Waals surface area contributed by atoms with Crippen molar-refractivity contribution >= 4 is 5.97 Å². The molecule has 0 amide bonds. The van der Waals surface area contributed by atoms with E-state index in [1.54, 1.807) is 0 Å². The zero-order valence-electron chi connectivity index (χ0n) is 25.1. The van der Waals surface area contributed by atoms with E-state index < -0.39 is 29.0 Å². The number of pyridine rings is 1. The molecular formula is C36H46F3NO3. The minimum absolute atomic E-state index is 0.0980. The second-order valence-corrected chi connectivity index (χ2v) is 14.8. The Kier molecular flexibility index (Phi) is 7.90. The first-order valence-corrected chi connectivity index (χ1v) is 17.0. The van der Waals surface area contributed by atoms with Crippen molar-refractivity contribution in [3.8, 4) is 5.88 Å². The molecule has 1 aromatic rings. The summed E-state index contributed by atoms with van der Waals surface area (Å²) in [5.74, 6) is 5.60. The van der Waals surface area contributed by atoms with Crippen LogP contribution in [0.2, 0.25) is 0 Å². The third kappa shape index (κ3) is 5.24. The number of carboxylic acids is 1. The number of alkyl halides is 3. The number of allylic oxidation sites excluding steroid dienone is 4. The molecule has 0 radical (unpaired) electrons. The molecule has 0 saturated heterocycles. The normalized spacial score (nSPS) is 41.9. The van der Waals surface area contributed by atoms with Crippen LogP contribution < -0.4 is 4.74 Å². The number of fused-ring (bicyclic) bond motifs is 7. The maximum atomic E-state index is 13.5. The summed E-state index contributed by atoms with van der Waals surface area (Å²) >= 11 is 0. The molecule has 4 nitrogen and oxygen atoms in total. The number of nitrogens with zero attached hydrogens (tertiary/aromatic N) is 1. The summed E-state index contributed by atoms with van der Waals surface area (Å²) < 4.78 is 46.0. The molecule has 7 heteroatoms. The SMILES string of the molecule is O=C(O)C1(CCOc2ncccc2C(F)(F)F)CCC=CC1C1CCC2C(CCC3C2CCC2C4CC=CC4CCC23)C1. The molecule has 11 atom stereocenters. The van der Waals surface area contributed by atoms with Crippen molar-refractivity contribution in [2.45, 2.75) is 89.6 Å². The Hall–Kier alpha value is -2.31. The average molecular weight is 598 g/mol. The van der Waals surface area contributed by atoms with Crippen molar-refractivity contribution in [1.82, 2.24) is 4.98 Å². The van der Waals surface area contributed by atoms with Gasteiger partial charge in [0.25, 0.3) is 0 Å². The zero-order valence-corrected chi connectivity index (χ0v) is 25.1. The first-order chi connectivity index (χ1) is 20.8. The summed E-state index contributed by atoms with van der Waals surface area (Å²) in [7, 11) is 0. The summed E-state index contributed by atoms with van der Waals surface area (Å²) in [6.45, 7) is -0.0980. The number of rotatable bonds is 6. The monoisotopic (exact) mass is 597 g/mol. The molecule has 7 rings (SSSR count). The lowest BCUT2D eigenvalue weighted by molar-refractivity contribution is -0.157. The lowest BCUT2D eigenvalue weighted by Gasteiger charge is -2.57. The number of aliphatic carboxylic acids is 1. The highest BCUT2D eigenvalue weighted by molar-refractivity contribution is 5.76. The second kappa shape index (κ2) is 11.6. The van der Waals surface area contributed by atoms with Crippen LogP contribution in [0.4, 0.5) is 13.2 Å². The Balaban J connectivity index is 1.03. The molecule has 11 unspecified atom stereocenters. The van der Waals surface area contributed by atoms with E-state index in [9.17, 15) is 23.1 Å². The Morgan fingerprint density at radius 3 is 2.40 bits per heavy atom. The van der Waals surface area contributed by atoms with Crippen LogP contribution in [0.1, 0.15) is 89.0 Å². The van der Waals surface area contributed by atoms with Gasteiger partial charge in [0.05, 0.1) is 12.0 Å². The van der Waals surface area contributed by atoms with Crippen LogP contribution >= 0.6 is 0 Å². The largest absolute Gasteiger partial charge is 0.481 e. The summed E-state index contributed by atoms with van der Waals surface area (Å²) in [6.07, 6.45) is 20.1. The maximum absolute atomic E-state index is 13.5. The fourth-order valence-electron chi connectivity index (χ4n) is 11.5. The molecule has 4 saturated carbocycles. The predicted octanol–water partition coefficient (Wildman–Crippen LogP) is 8.98. The molecule has 0 spiro atoms. The molecule has 0 aliphatic heterocycles. The first-order valence-electron chi connectivity index (χ1n) is 17.0. The molecule has 6 aliphatic rings. The van der Waals surface area contributed by atoms with Gasteiger partial charge in [0.1, 0.15) is 5.56 Å². The van der Waals surface area contributed by atoms with E-state index in [-0.39, 0.29) is 18.9 Å². The molecule has 1 aromatic heterocycles. The number of carbonyl (C=O) groups is 1. The van der Waals surface area contributed by atoms with Gasteiger partial charge >= 0.3 is 12.1 Å². The van der Waals surface area contributed by atoms with Crippen LogP contribution in [0.5, 0.6) is 5.88 Å². The van der Waals surface area contributed by atoms with Gasteiger partial charge in [-0.2, -0.15) is 13.2 Å². The Morgan fingerprint density at radius 2 is 1.60 bits per heavy atom. The highest BCUT2D eigenvalue weighted by Crippen LogP contribution is 2.62. The van der Waals surface area contributed by atoms with Crippen molar-refractivity contribution in [2.75, 3.05) is 6.61 Å². The van der Waals surface area contributed by atoms with Gasteiger partial charge in [-0.1, -0.05) is 24.3 Å².